The number of hydrogen-bond donors (Lipinski definition) is 1. The predicted molar refractivity (Wildman–Crippen MR) is 186 cm³/mol. The van der Waals surface area contributed by atoms with E-state index in [1.54, 1.807) is 7.11 Å². The van der Waals surface area contributed by atoms with Gasteiger partial charge in [0.05, 0.1) is 25.3 Å². The zero-order chi connectivity index (χ0) is 34.1. The summed E-state index contributed by atoms with van der Waals surface area (Å²) in [6.07, 6.45) is 12.6. The lowest BCUT2D eigenvalue weighted by molar-refractivity contribution is -0.146. The van der Waals surface area contributed by atoms with Crippen molar-refractivity contribution in [1.29, 1.82) is 0 Å². The smallest absolute Gasteiger partial charge is 0.410 e. The molecule has 1 aliphatic heterocycles. The summed E-state index contributed by atoms with van der Waals surface area (Å²) in [6, 6.07) is 15.4. The van der Waals surface area contributed by atoms with Crippen LogP contribution in [0.4, 0.5) is 10.5 Å². The van der Waals surface area contributed by atoms with Gasteiger partial charge in [-0.05, 0) is 118 Å². The van der Waals surface area contributed by atoms with Gasteiger partial charge in [-0.25, -0.2) is 4.79 Å². The number of anilines is 1. The van der Waals surface area contributed by atoms with E-state index in [0.717, 1.165) is 48.2 Å². The highest BCUT2D eigenvalue weighted by Gasteiger charge is 2.39. The van der Waals surface area contributed by atoms with E-state index in [-0.39, 0.29) is 31.0 Å². The second-order valence-electron chi connectivity index (χ2n) is 14.7. The van der Waals surface area contributed by atoms with Crippen LogP contribution < -0.4 is 9.64 Å². The average Bonchev–Trinajstić information content (AvgIpc) is 3.82. The maximum absolute atomic E-state index is 14.4. The number of methoxy groups -OCH3 is 1. The van der Waals surface area contributed by atoms with Gasteiger partial charge in [0.1, 0.15) is 11.9 Å². The highest BCUT2D eigenvalue weighted by molar-refractivity contribution is 5.95. The first kappa shape index (κ1) is 33.2. The number of ether oxygens (including phenoxy) is 2. The maximum Gasteiger partial charge on any atom is 0.410 e. The first-order chi connectivity index (χ1) is 23.7. The molecule has 10 nitrogen and oxygen atoms in total. The molecule has 7 rings (SSSR count). The number of likely N-dealkylation sites (tertiary alicyclic amines) is 1. The fourth-order valence-corrected chi connectivity index (χ4v) is 7.94. The van der Waals surface area contributed by atoms with Crippen LogP contribution in [0, 0.1) is 24.7 Å². The molecule has 1 N–H and O–H groups in total. The number of rotatable bonds is 10. The molecule has 0 atom stereocenters. The molecule has 4 fully saturated rings. The summed E-state index contributed by atoms with van der Waals surface area (Å²) in [5.41, 5.74) is 5.59. The van der Waals surface area contributed by atoms with Crippen molar-refractivity contribution in [2.75, 3.05) is 31.6 Å². The molecule has 0 spiro atoms. The number of nitrogens with zero attached hydrogens (tertiary/aromatic N) is 4. The zero-order valence-electron chi connectivity index (χ0n) is 28.6. The molecule has 4 aliphatic rings. The Bertz CT molecular complexity index is 1660. The molecule has 0 bridgehead atoms. The number of hydrogen-bond acceptors (Lipinski definition) is 6. The second-order valence-corrected chi connectivity index (χ2v) is 14.7. The van der Waals surface area contributed by atoms with Gasteiger partial charge in [-0.2, -0.15) is 5.10 Å². The van der Waals surface area contributed by atoms with Crippen LogP contribution in [0.15, 0.2) is 54.9 Å². The Kier molecular flexibility index (Phi) is 9.65. The number of aromatic nitrogens is 2. The number of carbonyl (C=O) groups excluding carboxylic acids is 2. The van der Waals surface area contributed by atoms with Gasteiger partial charge in [0, 0.05) is 43.0 Å². The minimum absolute atomic E-state index is 0.143. The third-order valence-electron chi connectivity index (χ3n) is 11.2. The van der Waals surface area contributed by atoms with Gasteiger partial charge in [-0.3, -0.25) is 14.3 Å². The van der Waals surface area contributed by atoms with Crippen LogP contribution in [0.3, 0.4) is 0 Å². The van der Waals surface area contributed by atoms with Gasteiger partial charge in [-0.15, -0.1) is 0 Å². The van der Waals surface area contributed by atoms with Crippen molar-refractivity contribution < 1.29 is 29.0 Å². The first-order valence-corrected chi connectivity index (χ1v) is 18.0. The Morgan fingerprint density at radius 2 is 1.65 bits per heavy atom. The Hall–Kier alpha value is -4.34. The number of aliphatic carboxylic acids is 1. The van der Waals surface area contributed by atoms with Crippen molar-refractivity contribution in [2.45, 2.75) is 89.2 Å². The molecule has 49 heavy (non-hydrogen) atoms. The molecule has 10 heteroatoms. The van der Waals surface area contributed by atoms with E-state index in [1.807, 2.05) is 17.2 Å². The van der Waals surface area contributed by atoms with E-state index < -0.39 is 18.0 Å². The third-order valence-corrected chi connectivity index (χ3v) is 11.2. The summed E-state index contributed by atoms with van der Waals surface area (Å²) in [4.78, 5) is 41.6. The summed E-state index contributed by atoms with van der Waals surface area (Å²) in [6.45, 7) is 3.17. The van der Waals surface area contributed by atoms with Crippen LogP contribution in [0.1, 0.15) is 87.3 Å². The van der Waals surface area contributed by atoms with E-state index in [2.05, 4.69) is 59.3 Å². The average molecular weight is 669 g/mol. The van der Waals surface area contributed by atoms with Crippen molar-refractivity contribution in [2.24, 2.45) is 17.8 Å². The Balaban J connectivity index is 1.02. The fraction of sp³-hybridized carbons (Fsp3) is 0.538. The molecule has 260 valence electrons. The maximum atomic E-state index is 14.4. The summed E-state index contributed by atoms with van der Waals surface area (Å²) in [5.74, 6) is 0.454. The standard InChI is InChI=1S/C39H48N4O6/c1-25-18-30(12-17-36(25)48-2)27-8-6-26(7-9-27)21-42(34-5-3-4-29(19-34)31-20-40-43(24-31)33-13-14-33)37(44)28-10-15-35(16-11-28)49-39(47)41-22-32(23-41)38(45)46/h3-5,12,17-20,24,26-28,32-33,35H,6-11,13-16,21-23H2,1-2H3,(H,45,46). The van der Waals surface area contributed by atoms with E-state index in [4.69, 9.17) is 14.6 Å². The number of carboxylic acid groups (broad SMARTS) is 1. The van der Waals surface area contributed by atoms with Crippen LogP contribution in [0.5, 0.6) is 5.75 Å². The first-order valence-electron chi connectivity index (χ1n) is 18.0. The van der Waals surface area contributed by atoms with E-state index in [9.17, 15) is 14.4 Å². The van der Waals surface area contributed by atoms with E-state index in [0.29, 0.717) is 50.1 Å². The van der Waals surface area contributed by atoms with Crippen LogP contribution in [-0.2, 0) is 14.3 Å². The monoisotopic (exact) mass is 668 g/mol. The third kappa shape index (κ3) is 7.48. The molecule has 0 radical (unpaired) electrons. The van der Waals surface area contributed by atoms with Crippen LogP contribution >= 0.6 is 0 Å². The molecular weight excluding hydrogens is 620 g/mol. The second kappa shape index (κ2) is 14.3. The predicted octanol–water partition coefficient (Wildman–Crippen LogP) is 7.22. The largest absolute Gasteiger partial charge is 0.496 e. The Labute approximate surface area is 288 Å². The van der Waals surface area contributed by atoms with Crippen molar-refractivity contribution in [3.05, 3.63) is 66.0 Å². The Morgan fingerprint density at radius 1 is 0.898 bits per heavy atom. The van der Waals surface area contributed by atoms with Gasteiger partial charge < -0.3 is 24.4 Å². The lowest BCUT2D eigenvalue weighted by atomic mass is 9.78. The zero-order valence-corrected chi connectivity index (χ0v) is 28.6. The minimum atomic E-state index is -0.883. The van der Waals surface area contributed by atoms with Gasteiger partial charge >= 0.3 is 12.1 Å². The highest BCUT2D eigenvalue weighted by Crippen LogP contribution is 2.40. The number of amides is 2. The minimum Gasteiger partial charge on any atom is -0.496 e. The van der Waals surface area contributed by atoms with E-state index in [1.165, 1.54) is 28.9 Å². The molecule has 2 amide bonds. The SMILES string of the molecule is COc1ccc(C2CCC(CN(C(=O)C3CCC(OC(=O)N4CC(C(=O)O)C4)CC3)c3cccc(-c4cnn(C5CC5)c4)c3)CC2)cc1C. The van der Waals surface area contributed by atoms with Crippen LogP contribution in [0.2, 0.25) is 0 Å². The summed E-state index contributed by atoms with van der Waals surface area (Å²) in [5, 5.41) is 13.7. The number of benzene rings is 2. The fourth-order valence-electron chi connectivity index (χ4n) is 7.94. The van der Waals surface area contributed by atoms with Crippen molar-refractivity contribution in [3.8, 4) is 16.9 Å². The number of aryl methyl sites for hydroxylation is 1. The molecule has 1 saturated heterocycles. The van der Waals surface area contributed by atoms with Crippen molar-refractivity contribution in [3.63, 3.8) is 0 Å². The molecule has 0 unspecified atom stereocenters. The van der Waals surface area contributed by atoms with Crippen molar-refractivity contribution >= 4 is 23.7 Å². The Morgan fingerprint density at radius 3 is 2.33 bits per heavy atom. The van der Waals surface area contributed by atoms with Gasteiger partial charge in [-0.1, -0.05) is 24.3 Å². The highest BCUT2D eigenvalue weighted by atomic mass is 16.6. The molecule has 2 heterocycles. The van der Waals surface area contributed by atoms with Crippen molar-refractivity contribution in [1.82, 2.24) is 14.7 Å². The summed E-state index contributed by atoms with van der Waals surface area (Å²) in [7, 11) is 1.71. The topological polar surface area (TPSA) is 114 Å². The van der Waals surface area contributed by atoms with Gasteiger partial charge in [0.25, 0.3) is 0 Å². The molecule has 3 saturated carbocycles. The molecular formula is C39H48N4O6. The molecule has 2 aromatic carbocycles. The van der Waals surface area contributed by atoms with Gasteiger partial charge in [0.15, 0.2) is 0 Å². The van der Waals surface area contributed by atoms with Gasteiger partial charge in [0.2, 0.25) is 5.91 Å². The van der Waals surface area contributed by atoms with Crippen LogP contribution in [0.25, 0.3) is 11.1 Å². The lowest BCUT2D eigenvalue weighted by Gasteiger charge is -2.38. The molecule has 1 aromatic heterocycles. The quantitative estimate of drug-likeness (QED) is 0.243. The molecule has 3 aliphatic carbocycles. The number of carbonyl (C=O) groups is 3. The molecule has 3 aromatic rings. The van der Waals surface area contributed by atoms with E-state index >= 15 is 0 Å². The normalized spacial score (nSPS) is 24.2. The number of carboxylic acids is 1. The van der Waals surface area contributed by atoms with Crippen LogP contribution in [-0.4, -0.2) is 70.6 Å². The lowest BCUT2D eigenvalue weighted by Crippen LogP contribution is -2.53. The summed E-state index contributed by atoms with van der Waals surface area (Å²) < 4.78 is 13.3. The summed E-state index contributed by atoms with van der Waals surface area (Å²) >= 11 is 0.